The molecule has 1 N–H and O–H groups in total. The van der Waals surface area contributed by atoms with Gasteiger partial charge in [0.25, 0.3) is 5.91 Å². The van der Waals surface area contributed by atoms with Crippen LogP contribution in [0, 0.1) is 0 Å². The van der Waals surface area contributed by atoms with Crippen LogP contribution in [0.25, 0.3) is 11.1 Å². The summed E-state index contributed by atoms with van der Waals surface area (Å²) in [7, 11) is 0. The first-order chi connectivity index (χ1) is 14.1. The Kier molecular flexibility index (Phi) is 5.97. The third-order valence-electron chi connectivity index (χ3n) is 5.06. The molecule has 6 heteroatoms. The Morgan fingerprint density at radius 2 is 1.86 bits per heavy atom. The van der Waals surface area contributed by atoms with Crippen molar-refractivity contribution >= 4 is 34.8 Å². The Balaban J connectivity index is 1.46. The molecule has 0 atom stereocenters. The van der Waals surface area contributed by atoms with Crippen molar-refractivity contribution in [3.63, 3.8) is 0 Å². The molecule has 0 saturated carbocycles. The maximum atomic E-state index is 12.3. The van der Waals surface area contributed by atoms with Crippen LogP contribution in [-0.4, -0.2) is 23.3 Å². The minimum atomic E-state index is -0.123. The lowest BCUT2D eigenvalue weighted by molar-refractivity contribution is -0.128. The average Bonchev–Trinajstić information content (AvgIpc) is 3.35. The second-order valence-electron chi connectivity index (χ2n) is 7.06. The summed E-state index contributed by atoms with van der Waals surface area (Å²) in [4.78, 5) is 26.7. The molecule has 0 bridgehead atoms. The lowest BCUT2D eigenvalue weighted by atomic mass is 9.98. The number of likely N-dealkylation sites (tertiary alicyclic amines) is 1. The highest BCUT2D eigenvalue weighted by Gasteiger charge is 2.20. The van der Waals surface area contributed by atoms with Crippen LogP contribution in [0.1, 0.15) is 33.6 Å². The van der Waals surface area contributed by atoms with Crippen molar-refractivity contribution in [2.75, 3.05) is 6.54 Å². The second kappa shape index (κ2) is 8.80. The van der Waals surface area contributed by atoms with Gasteiger partial charge in [-0.05, 0) is 40.8 Å². The van der Waals surface area contributed by atoms with Crippen LogP contribution in [0.15, 0.2) is 60.7 Å². The van der Waals surface area contributed by atoms with Gasteiger partial charge < -0.3 is 10.2 Å². The first kappa shape index (κ1) is 19.7. The quantitative estimate of drug-likeness (QED) is 0.597. The number of hydrogen-bond acceptors (Lipinski definition) is 3. The zero-order valence-corrected chi connectivity index (χ0v) is 17.4. The average molecular weight is 425 g/mol. The summed E-state index contributed by atoms with van der Waals surface area (Å²) in [5, 5.41) is 2.97. The fraction of sp³-hybridized carbons (Fsp3) is 0.217. The van der Waals surface area contributed by atoms with Gasteiger partial charge in [0.2, 0.25) is 5.91 Å². The summed E-state index contributed by atoms with van der Waals surface area (Å²) in [5.74, 6) is 0.115. The number of thiophene rings is 1. The number of hydrogen-bond donors (Lipinski definition) is 1. The third kappa shape index (κ3) is 4.69. The maximum Gasteiger partial charge on any atom is 0.261 e. The van der Waals surface area contributed by atoms with Gasteiger partial charge in [0.15, 0.2) is 0 Å². The van der Waals surface area contributed by atoms with Crippen LogP contribution in [0.2, 0.25) is 4.34 Å². The molecule has 2 aromatic carbocycles. The molecule has 4 nitrogen and oxygen atoms in total. The van der Waals surface area contributed by atoms with Gasteiger partial charge in [0, 0.05) is 26.1 Å². The van der Waals surface area contributed by atoms with Crippen LogP contribution in [0.5, 0.6) is 0 Å². The zero-order valence-electron chi connectivity index (χ0n) is 15.9. The molecule has 1 fully saturated rings. The van der Waals surface area contributed by atoms with Gasteiger partial charge in [-0.25, -0.2) is 0 Å². The predicted octanol–water partition coefficient (Wildman–Crippen LogP) is 5.12. The number of halogens is 1. The minimum Gasteiger partial charge on any atom is -0.347 e. The molecule has 0 aliphatic carbocycles. The number of amides is 2. The lowest BCUT2D eigenvalue weighted by Gasteiger charge is -2.16. The van der Waals surface area contributed by atoms with Gasteiger partial charge in [-0.1, -0.05) is 60.1 Å². The molecular weight excluding hydrogens is 404 g/mol. The summed E-state index contributed by atoms with van der Waals surface area (Å²) < 4.78 is 0.603. The van der Waals surface area contributed by atoms with Crippen molar-refractivity contribution in [2.45, 2.75) is 25.9 Å². The van der Waals surface area contributed by atoms with Crippen molar-refractivity contribution in [2.24, 2.45) is 0 Å². The van der Waals surface area contributed by atoms with Crippen LogP contribution in [0.3, 0.4) is 0 Å². The van der Waals surface area contributed by atoms with E-state index in [9.17, 15) is 9.59 Å². The molecule has 29 heavy (non-hydrogen) atoms. The molecular formula is C23H21ClN2O2S. The summed E-state index contributed by atoms with van der Waals surface area (Å²) >= 11 is 7.19. The van der Waals surface area contributed by atoms with E-state index in [1.807, 2.05) is 23.1 Å². The molecule has 4 rings (SSSR count). The van der Waals surface area contributed by atoms with Crippen LogP contribution in [-0.2, 0) is 17.9 Å². The number of nitrogens with zero attached hydrogens (tertiary/aromatic N) is 1. The number of benzene rings is 2. The summed E-state index contributed by atoms with van der Waals surface area (Å²) in [6.07, 6.45) is 1.61. The van der Waals surface area contributed by atoms with E-state index in [1.54, 1.807) is 12.1 Å². The Bertz CT molecular complexity index is 1030. The molecule has 1 saturated heterocycles. The molecule has 2 amide bonds. The first-order valence-corrected chi connectivity index (χ1v) is 10.8. The highest BCUT2D eigenvalue weighted by Crippen LogP contribution is 2.26. The molecule has 1 aromatic heterocycles. The first-order valence-electron chi connectivity index (χ1n) is 9.59. The SMILES string of the molecule is O=C(NCc1ccccc1-c1ccc(CN2CCCC2=O)cc1)c1ccc(Cl)s1. The van der Waals surface area contributed by atoms with Crippen LogP contribution in [0.4, 0.5) is 0 Å². The van der Waals surface area contributed by atoms with Crippen molar-refractivity contribution in [1.29, 1.82) is 0 Å². The Morgan fingerprint density at radius 1 is 1.07 bits per heavy atom. The molecule has 3 aromatic rings. The number of rotatable bonds is 6. The third-order valence-corrected chi connectivity index (χ3v) is 6.29. The lowest BCUT2D eigenvalue weighted by Crippen LogP contribution is -2.23. The molecule has 0 spiro atoms. The monoisotopic (exact) mass is 424 g/mol. The van der Waals surface area contributed by atoms with E-state index in [0.717, 1.165) is 35.2 Å². The van der Waals surface area contributed by atoms with Crippen molar-refractivity contribution in [3.05, 3.63) is 81.0 Å². The normalized spacial score (nSPS) is 13.7. The predicted molar refractivity (Wildman–Crippen MR) is 117 cm³/mol. The van der Waals surface area contributed by atoms with Crippen molar-refractivity contribution < 1.29 is 9.59 Å². The second-order valence-corrected chi connectivity index (χ2v) is 8.77. The van der Waals surface area contributed by atoms with Gasteiger partial charge in [0.05, 0.1) is 9.21 Å². The standard InChI is InChI=1S/C23H21ClN2O2S/c24-21-12-11-20(29-21)23(28)25-14-18-4-1-2-5-19(18)17-9-7-16(8-10-17)15-26-13-3-6-22(26)27/h1-2,4-5,7-12H,3,6,13-15H2,(H,25,28). The topological polar surface area (TPSA) is 49.4 Å². The van der Waals surface area contributed by atoms with E-state index in [0.29, 0.717) is 28.7 Å². The molecule has 0 unspecified atom stereocenters. The molecule has 2 heterocycles. The molecule has 1 aliphatic heterocycles. The fourth-order valence-electron chi connectivity index (χ4n) is 3.54. The summed E-state index contributed by atoms with van der Waals surface area (Å²) in [6, 6.07) is 19.8. The Hall–Kier alpha value is -2.63. The van der Waals surface area contributed by atoms with E-state index >= 15 is 0 Å². The largest absolute Gasteiger partial charge is 0.347 e. The van der Waals surface area contributed by atoms with Gasteiger partial charge in [-0.15, -0.1) is 11.3 Å². The number of nitrogens with one attached hydrogen (secondary N) is 1. The van der Waals surface area contributed by atoms with E-state index in [4.69, 9.17) is 11.6 Å². The summed E-state index contributed by atoms with van der Waals surface area (Å²) in [6.45, 7) is 1.95. The van der Waals surface area contributed by atoms with Crippen molar-refractivity contribution in [1.82, 2.24) is 10.2 Å². The highest BCUT2D eigenvalue weighted by molar-refractivity contribution is 7.17. The maximum absolute atomic E-state index is 12.3. The van der Waals surface area contributed by atoms with Gasteiger partial charge in [0.1, 0.15) is 0 Å². The van der Waals surface area contributed by atoms with Gasteiger partial charge in [-0.3, -0.25) is 9.59 Å². The van der Waals surface area contributed by atoms with E-state index in [2.05, 4.69) is 35.6 Å². The van der Waals surface area contributed by atoms with Crippen LogP contribution < -0.4 is 5.32 Å². The van der Waals surface area contributed by atoms with Gasteiger partial charge in [-0.2, -0.15) is 0 Å². The zero-order chi connectivity index (χ0) is 20.2. The molecule has 148 valence electrons. The highest BCUT2D eigenvalue weighted by atomic mass is 35.5. The number of carbonyl (C=O) groups is 2. The summed E-state index contributed by atoms with van der Waals surface area (Å²) in [5.41, 5.74) is 4.35. The number of carbonyl (C=O) groups excluding carboxylic acids is 2. The van der Waals surface area contributed by atoms with Crippen LogP contribution >= 0.6 is 22.9 Å². The fourth-order valence-corrected chi connectivity index (χ4v) is 4.50. The minimum absolute atomic E-state index is 0.123. The Morgan fingerprint density at radius 3 is 2.55 bits per heavy atom. The smallest absolute Gasteiger partial charge is 0.261 e. The van der Waals surface area contributed by atoms with E-state index < -0.39 is 0 Å². The van der Waals surface area contributed by atoms with E-state index in [-0.39, 0.29) is 11.8 Å². The van der Waals surface area contributed by atoms with E-state index in [1.165, 1.54) is 11.3 Å². The van der Waals surface area contributed by atoms with Crippen molar-refractivity contribution in [3.8, 4) is 11.1 Å². The Labute approximate surface area is 179 Å². The van der Waals surface area contributed by atoms with Gasteiger partial charge >= 0.3 is 0 Å². The molecule has 0 radical (unpaired) electrons. The molecule has 1 aliphatic rings.